The van der Waals surface area contributed by atoms with Crippen LogP contribution < -0.4 is 0 Å². The lowest BCUT2D eigenvalue weighted by Crippen LogP contribution is -2.30. The molecule has 0 aromatic heterocycles. The molecule has 1 atom stereocenters. The summed E-state index contributed by atoms with van der Waals surface area (Å²) in [7, 11) is 0. The quantitative estimate of drug-likeness (QED) is 0.0343. The zero-order chi connectivity index (χ0) is 51.4. The minimum atomic E-state index is -0.761. The third kappa shape index (κ3) is 59.2. The smallest absolute Gasteiger partial charge is 0.306 e. The normalized spacial score (nSPS) is 11.9. The van der Waals surface area contributed by atoms with Crippen LogP contribution in [0.3, 0.4) is 0 Å². The molecular formula is C65H126O6. The van der Waals surface area contributed by atoms with Crippen molar-refractivity contribution in [3.8, 4) is 0 Å². The maximum atomic E-state index is 12.8. The van der Waals surface area contributed by atoms with Crippen LogP contribution in [0.15, 0.2) is 0 Å². The van der Waals surface area contributed by atoms with E-state index in [4.69, 9.17) is 14.2 Å². The molecule has 0 N–H and O–H groups in total. The summed E-state index contributed by atoms with van der Waals surface area (Å²) in [6, 6.07) is 0. The average Bonchev–Trinajstić information content (AvgIpc) is 3.37. The van der Waals surface area contributed by atoms with Crippen LogP contribution in [-0.4, -0.2) is 37.2 Å². The Hall–Kier alpha value is -1.59. The number of rotatable bonds is 61. The summed E-state index contributed by atoms with van der Waals surface area (Å²) >= 11 is 0. The first kappa shape index (κ1) is 69.4. The van der Waals surface area contributed by atoms with Gasteiger partial charge in [0.25, 0.3) is 0 Å². The Morgan fingerprint density at radius 1 is 0.225 bits per heavy atom. The molecule has 0 fully saturated rings. The molecule has 0 heterocycles. The summed E-state index contributed by atoms with van der Waals surface area (Å²) in [6.45, 7) is 6.70. The molecule has 71 heavy (non-hydrogen) atoms. The van der Waals surface area contributed by atoms with Crippen LogP contribution in [-0.2, 0) is 28.6 Å². The maximum Gasteiger partial charge on any atom is 0.306 e. The molecule has 0 radical (unpaired) electrons. The third-order valence-corrected chi connectivity index (χ3v) is 15.1. The van der Waals surface area contributed by atoms with Gasteiger partial charge in [0.05, 0.1) is 0 Å². The van der Waals surface area contributed by atoms with Gasteiger partial charge in [0.2, 0.25) is 0 Å². The fourth-order valence-corrected chi connectivity index (χ4v) is 10.2. The monoisotopic (exact) mass is 1000 g/mol. The first-order valence-electron chi connectivity index (χ1n) is 32.5. The molecule has 0 rings (SSSR count). The lowest BCUT2D eigenvalue weighted by Gasteiger charge is -2.18. The van der Waals surface area contributed by atoms with Crippen LogP contribution in [0.25, 0.3) is 0 Å². The van der Waals surface area contributed by atoms with E-state index < -0.39 is 6.10 Å². The molecule has 0 aliphatic rings. The highest BCUT2D eigenvalue weighted by molar-refractivity contribution is 5.71. The van der Waals surface area contributed by atoms with Gasteiger partial charge in [0.1, 0.15) is 13.2 Å². The van der Waals surface area contributed by atoms with Crippen molar-refractivity contribution in [1.29, 1.82) is 0 Å². The van der Waals surface area contributed by atoms with Crippen LogP contribution in [0.5, 0.6) is 0 Å². The SMILES string of the molecule is CCCCCCCCCCCCCCCCCCCCCCCCCCCCCCCC(=O)OCC(COC(=O)CCCCCCCCCCC)OC(=O)CCCCCCCCCCCCCCCCC. The van der Waals surface area contributed by atoms with E-state index in [0.29, 0.717) is 19.3 Å². The summed E-state index contributed by atoms with van der Waals surface area (Å²) in [5.74, 6) is -0.833. The lowest BCUT2D eigenvalue weighted by atomic mass is 10.0. The fourth-order valence-electron chi connectivity index (χ4n) is 10.2. The van der Waals surface area contributed by atoms with Gasteiger partial charge in [-0.15, -0.1) is 0 Å². The minimum absolute atomic E-state index is 0.0612. The van der Waals surface area contributed by atoms with E-state index in [1.54, 1.807) is 0 Å². The largest absolute Gasteiger partial charge is 0.462 e. The van der Waals surface area contributed by atoms with Crippen molar-refractivity contribution in [2.24, 2.45) is 0 Å². The standard InChI is InChI=1S/C65H126O6/c1-4-7-10-13-16-19-21-23-25-26-27-28-29-30-31-32-33-34-35-36-37-38-40-41-43-46-49-52-55-58-64(67)70-61-62(60-69-63(66)57-54-51-48-45-18-15-12-9-6-3)71-65(68)59-56-53-50-47-44-42-39-24-22-20-17-14-11-8-5-2/h62H,4-61H2,1-3H3. The molecule has 0 aliphatic heterocycles. The Bertz CT molecular complexity index is 1060. The summed E-state index contributed by atoms with van der Waals surface area (Å²) in [5.41, 5.74) is 0. The fraction of sp³-hybridized carbons (Fsp3) is 0.954. The van der Waals surface area contributed by atoms with E-state index in [1.807, 2.05) is 0 Å². The van der Waals surface area contributed by atoms with E-state index in [2.05, 4.69) is 20.8 Å². The van der Waals surface area contributed by atoms with Crippen molar-refractivity contribution < 1.29 is 28.6 Å². The molecule has 0 spiro atoms. The van der Waals surface area contributed by atoms with Gasteiger partial charge < -0.3 is 14.2 Å². The van der Waals surface area contributed by atoms with Gasteiger partial charge in [0.15, 0.2) is 6.10 Å². The number of unbranched alkanes of at least 4 members (excludes halogenated alkanes) is 50. The van der Waals surface area contributed by atoms with Gasteiger partial charge >= 0.3 is 17.9 Å². The third-order valence-electron chi connectivity index (χ3n) is 15.1. The number of esters is 3. The first-order valence-corrected chi connectivity index (χ1v) is 32.5. The highest BCUT2D eigenvalue weighted by Crippen LogP contribution is 2.19. The number of carbonyl (C=O) groups excluding carboxylic acids is 3. The number of hydrogen-bond donors (Lipinski definition) is 0. The number of carbonyl (C=O) groups is 3. The molecule has 0 saturated carbocycles. The molecule has 0 aromatic carbocycles. The predicted molar refractivity (Wildman–Crippen MR) is 307 cm³/mol. The summed E-state index contributed by atoms with van der Waals surface area (Å²) < 4.78 is 16.9. The van der Waals surface area contributed by atoms with Crippen LogP contribution in [0.2, 0.25) is 0 Å². The summed E-state index contributed by atoms with van der Waals surface area (Å²) in [5, 5.41) is 0. The van der Waals surface area contributed by atoms with Gasteiger partial charge in [-0.3, -0.25) is 14.4 Å². The van der Waals surface area contributed by atoms with Crippen LogP contribution in [0.1, 0.15) is 380 Å². The van der Waals surface area contributed by atoms with Gasteiger partial charge in [-0.05, 0) is 19.3 Å². The minimum Gasteiger partial charge on any atom is -0.462 e. The molecule has 0 amide bonds. The molecule has 0 bridgehead atoms. The second kappa shape index (κ2) is 61.0. The van der Waals surface area contributed by atoms with E-state index in [-0.39, 0.29) is 31.1 Å². The van der Waals surface area contributed by atoms with Gasteiger partial charge in [-0.1, -0.05) is 342 Å². The Balaban J connectivity index is 4.02. The predicted octanol–water partition coefficient (Wildman–Crippen LogP) is 21.9. The van der Waals surface area contributed by atoms with E-state index in [1.165, 1.54) is 283 Å². The van der Waals surface area contributed by atoms with Gasteiger partial charge in [-0.25, -0.2) is 0 Å². The van der Waals surface area contributed by atoms with Crippen molar-refractivity contribution in [1.82, 2.24) is 0 Å². The van der Waals surface area contributed by atoms with Crippen LogP contribution in [0.4, 0.5) is 0 Å². The summed E-state index contributed by atoms with van der Waals surface area (Å²) in [6.07, 6.45) is 70.0. The van der Waals surface area contributed by atoms with Crippen LogP contribution >= 0.6 is 0 Å². The maximum absolute atomic E-state index is 12.8. The Labute approximate surface area is 444 Å². The van der Waals surface area contributed by atoms with Gasteiger partial charge in [-0.2, -0.15) is 0 Å². The molecular weight excluding hydrogens is 877 g/mol. The van der Waals surface area contributed by atoms with Crippen molar-refractivity contribution in [2.45, 2.75) is 386 Å². The lowest BCUT2D eigenvalue weighted by molar-refractivity contribution is -0.167. The molecule has 422 valence electrons. The molecule has 0 aromatic rings. The van der Waals surface area contributed by atoms with Crippen molar-refractivity contribution in [2.75, 3.05) is 13.2 Å². The van der Waals surface area contributed by atoms with Crippen molar-refractivity contribution >= 4 is 17.9 Å². The van der Waals surface area contributed by atoms with E-state index in [9.17, 15) is 14.4 Å². The number of ether oxygens (including phenoxy) is 3. The molecule has 6 nitrogen and oxygen atoms in total. The van der Waals surface area contributed by atoms with Crippen LogP contribution in [0, 0.1) is 0 Å². The van der Waals surface area contributed by atoms with Gasteiger partial charge in [0, 0.05) is 19.3 Å². The van der Waals surface area contributed by atoms with Crippen molar-refractivity contribution in [3.63, 3.8) is 0 Å². The molecule has 6 heteroatoms. The zero-order valence-corrected chi connectivity index (χ0v) is 48.5. The summed E-state index contributed by atoms with van der Waals surface area (Å²) in [4.78, 5) is 38.1. The number of hydrogen-bond acceptors (Lipinski definition) is 6. The Morgan fingerprint density at radius 3 is 0.563 bits per heavy atom. The second-order valence-electron chi connectivity index (χ2n) is 22.4. The first-order chi connectivity index (χ1) is 35.0. The topological polar surface area (TPSA) is 78.9 Å². The Morgan fingerprint density at radius 2 is 0.380 bits per heavy atom. The highest BCUT2D eigenvalue weighted by atomic mass is 16.6. The molecule has 0 aliphatic carbocycles. The van der Waals surface area contributed by atoms with E-state index in [0.717, 1.165) is 57.8 Å². The zero-order valence-electron chi connectivity index (χ0n) is 48.5. The highest BCUT2D eigenvalue weighted by Gasteiger charge is 2.19. The Kier molecular flexibility index (Phi) is 59.6. The van der Waals surface area contributed by atoms with Crippen molar-refractivity contribution in [3.05, 3.63) is 0 Å². The molecule has 1 unspecified atom stereocenters. The average molecular weight is 1000 g/mol. The molecule has 0 saturated heterocycles. The van der Waals surface area contributed by atoms with E-state index >= 15 is 0 Å². The second-order valence-corrected chi connectivity index (χ2v) is 22.4.